The van der Waals surface area contributed by atoms with Crippen LogP contribution in [-0.2, 0) is 6.42 Å². The third-order valence-corrected chi connectivity index (χ3v) is 2.12. The van der Waals surface area contributed by atoms with Gasteiger partial charge in [-0.1, -0.05) is 45.7 Å². The Morgan fingerprint density at radius 2 is 1.67 bits per heavy atom. The molecular weight excluding hydrogens is 184 g/mol. The van der Waals surface area contributed by atoms with Crippen molar-refractivity contribution in [3.63, 3.8) is 0 Å². The molecule has 0 unspecified atom stereocenters. The molecule has 0 N–H and O–H groups in total. The Kier molecular flexibility index (Phi) is 8.95. The van der Waals surface area contributed by atoms with E-state index in [9.17, 15) is 0 Å². The van der Waals surface area contributed by atoms with Gasteiger partial charge in [-0.15, -0.1) is 0 Å². The molecule has 0 spiro atoms. The number of hydrogen-bond acceptors (Lipinski definition) is 1. The number of rotatable bonds is 4. The van der Waals surface area contributed by atoms with Crippen molar-refractivity contribution in [2.45, 2.75) is 47.0 Å². The Hall–Kier alpha value is -0.980. The first-order chi connectivity index (χ1) is 7.28. The van der Waals surface area contributed by atoms with Crippen LogP contribution in [0.25, 0.3) is 0 Å². The van der Waals surface area contributed by atoms with Crippen LogP contribution < -0.4 is 4.74 Å². The summed E-state index contributed by atoms with van der Waals surface area (Å²) in [6.45, 7) is 9.25. The summed E-state index contributed by atoms with van der Waals surface area (Å²) >= 11 is 0. The van der Waals surface area contributed by atoms with Crippen molar-refractivity contribution in [1.82, 2.24) is 0 Å². The van der Waals surface area contributed by atoms with Gasteiger partial charge in [0.15, 0.2) is 0 Å². The Morgan fingerprint density at radius 1 is 1.00 bits per heavy atom. The smallest absolute Gasteiger partial charge is 0.119 e. The SMILES string of the molecule is CCCC.CCOc1cccc(CC)c1. The van der Waals surface area contributed by atoms with Gasteiger partial charge in [0.1, 0.15) is 5.75 Å². The largest absolute Gasteiger partial charge is 0.494 e. The average Bonchev–Trinajstić information content (AvgIpc) is 2.30. The fourth-order valence-corrected chi connectivity index (χ4v) is 1.02. The van der Waals surface area contributed by atoms with Crippen LogP contribution in [-0.4, -0.2) is 6.61 Å². The molecule has 0 heterocycles. The van der Waals surface area contributed by atoms with Crippen LogP contribution in [0.5, 0.6) is 5.75 Å². The molecule has 0 radical (unpaired) electrons. The highest BCUT2D eigenvalue weighted by molar-refractivity contribution is 5.28. The normalized spacial score (nSPS) is 9.07. The lowest BCUT2D eigenvalue weighted by Gasteiger charge is -2.03. The summed E-state index contributed by atoms with van der Waals surface area (Å²) in [6, 6.07) is 8.22. The molecule has 1 aromatic carbocycles. The maximum absolute atomic E-state index is 5.35. The summed E-state index contributed by atoms with van der Waals surface area (Å²) < 4.78 is 5.35. The predicted molar refractivity (Wildman–Crippen MR) is 67.6 cm³/mol. The van der Waals surface area contributed by atoms with E-state index in [-0.39, 0.29) is 0 Å². The molecule has 1 aromatic rings. The van der Waals surface area contributed by atoms with E-state index in [0.717, 1.165) is 18.8 Å². The van der Waals surface area contributed by atoms with Gasteiger partial charge in [-0.05, 0) is 31.0 Å². The van der Waals surface area contributed by atoms with E-state index in [1.54, 1.807) is 0 Å². The minimum absolute atomic E-state index is 0.743. The Morgan fingerprint density at radius 3 is 2.13 bits per heavy atom. The Balaban J connectivity index is 0.000000423. The van der Waals surface area contributed by atoms with E-state index in [2.05, 4.69) is 32.9 Å². The molecule has 0 aromatic heterocycles. The summed E-state index contributed by atoms with van der Waals surface area (Å²) in [7, 11) is 0. The Bertz CT molecular complexity index is 241. The molecule has 15 heavy (non-hydrogen) atoms. The van der Waals surface area contributed by atoms with Crippen LogP contribution in [0.1, 0.15) is 46.1 Å². The van der Waals surface area contributed by atoms with Gasteiger partial charge in [-0.3, -0.25) is 0 Å². The number of hydrogen-bond donors (Lipinski definition) is 0. The summed E-state index contributed by atoms with van der Waals surface area (Å²) in [4.78, 5) is 0. The van der Waals surface area contributed by atoms with Crippen molar-refractivity contribution in [3.8, 4) is 5.75 Å². The van der Waals surface area contributed by atoms with Gasteiger partial charge < -0.3 is 4.74 Å². The monoisotopic (exact) mass is 208 g/mol. The third-order valence-electron chi connectivity index (χ3n) is 2.12. The summed E-state index contributed by atoms with van der Waals surface area (Å²) in [6.07, 6.45) is 3.71. The highest BCUT2D eigenvalue weighted by atomic mass is 16.5. The summed E-state index contributed by atoms with van der Waals surface area (Å²) in [5, 5.41) is 0. The maximum atomic E-state index is 5.35. The van der Waals surface area contributed by atoms with Gasteiger partial charge in [0.2, 0.25) is 0 Å². The molecule has 0 amide bonds. The van der Waals surface area contributed by atoms with Crippen molar-refractivity contribution < 1.29 is 4.74 Å². The van der Waals surface area contributed by atoms with Gasteiger partial charge in [0.05, 0.1) is 6.61 Å². The molecule has 0 bridgehead atoms. The van der Waals surface area contributed by atoms with Crippen LogP contribution in [0.15, 0.2) is 24.3 Å². The van der Waals surface area contributed by atoms with Crippen LogP contribution in [0, 0.1) is 0 Å². The molecule has 1 nitrogen and oxygen atoms in total. The second kappa shape index (κ2) is 9.57. The van der Waals surface area contributed by atoms with E-state index in [0.29, 0.717) is 0 Å². The van der Waals surface area contributed by atoms with Crippen molar-refractivity contribution in [1.29, 1.82) is 0 Å². The van der Waals surface area contributed by atoms with Crippen molar-refractivity contribution >= 4 is 0 Å². The highest BCUT2D eigenvalue weighted by Gasteiger charge is 1.92. The van der Waals surface area contributed by atoms with E-state index in [1.807, 2.05) is 19.1 Å². The van der Waals surface area contributed by atoms with Crippen LogP contribution in [0.4, 0.5) is 0 Å². The topological polar surface area (TPSA) is 9.23 Å². The Labute approximate surface area is 94.5 Å². The summed E-state index contributed by atoms with van der Waals surface area (Å²) in [5.74, 6) is 0.979. The zero-order chi connectivity index (χ0) is 11.5. The molecule has 0 aliphatic heterocycles. The van der Waals surface area contributed by atoms with Gasteiger partial charge in [-0.25, -0.2) is 0 Å². The molecule has 1 rings (SSSR count). The zero-order valence-corrected chi connectivity index (χ0v) is 10.5. The molecule has 0 aliphatic carbocycles. The number of unbranched alkanes of at least 4 members (excludes halogenated alkanes) is 1. The molecule has 86 valence electrons. The lowest BCUT2D eigenvalue weighted by Crippen LogP contribution is -1.91. The molecule has 0 saturated heterocycles. The van der Waals surface area contributed by atoms with Crippen LogP contribution in [0.2, 0.25) is 0 Å². The molecular formula is C14H24O. The van der Waals surface area contributed by atoms with Gasteiger partial charge in [-0.2, -0.15) is 0 Å². The molecule has 0 aliphatic rings. The highest BCUT2D eigenvalue weighted by Crippen LogP contribution is 2.13. The van der Waals surface area contributed by atoms with Crippen molar-refractivity contribution in [2.75, 3.05) is 6.61 Å². The van der Waals surface area contributed by atoms with E-state index in [1.165, 1.54) is 18.4 Å². The quantitative estimate of drug-likeness (QED) is 0.710. The fraction of sp³-hybridized carbons (Fsp3) is 0.571. The fourth-order valence-electron chi connectivity index (χ4n) is 1.02. The predicted octanol–water partition coefficient (Wildman–Crippen LogP) is 4.45. The van der Waals surface area contributed by atoms with Crippen LogP contribution in [0.3, 0.4) is 0 Å². The van der Waals surface area contributed by atoms with Crippen molar-refractivity contribution in [2.24, 2.45) is 0 Å². The second-order valence-corrected chi connectivity index (χ2v) is 3.43. The standard InChI is InChI=1S/C10H14O.C4H10/c1-3-9-6-5-7-10(8-9)11-4-2;1-3-4-2/h5-8H,3-4H2,1-2H3;3-4H2,1-2H3. The lowest BCUT2D eigenvalue weighted by atomic mass is 10.2. The molecule has 0 saturated carbocycles. The molecule has 0 fully saturated rings. The minimum atomic E-state index is 0.743. The second-order valence-electron chi connectivity index (χ2n) is 3.43. The molecule has 0 atom stereocenters. The molecule has 1 heteroatoms. The van der Waals surface area contributed by atoms with Crippen molar-refractivity contribution in [3.05, 3.63) is 29.8 Å². The van der Waals surface area contributed by atoms with E-state index < -0.39 is 0 Å². The van der Waals surface area contributed by atoms with Gasteiger partial charge in [0.25, 0.3) is 0 Å². The average molecular weight is 208 g/mol. The van der Waals surface area contributed by atoms with E-state index >= 15 is 0 Å². The van der Waals surface area contributed by atoms with Gasteiger partial charge >= 0.3 is 0 Å². The first-order valence-corrected chi connectivity index (χ1v) is 6.00. The summed E-state index contributed by atoms with van der Waals surface area (Å²) in [5.41, 5.74) is 1.33. The maximum Gasteiger partial charge on any atom is 0.119 e. The number of ether oxygens (including phenoxy) is 1. The first kappa shape index (κ1) is 14.0. The third kappa shape index (κ3) is 7.01. The lowest BCUT2D eigenvalue weighted by molar-refractivity contribution is 0.340. The van der Waals surface area contributed by atoms with Crippen LogP contribution >= 0.6 is 0 Å². The first-order valence-electron chi connectivity index (χ1n) is 6.00. The number of benzene rings is 1. The van der Waals surface area contributed by atoms with Gasteiger partial charge in [0, 0.05) is 0 Å². The zero-order valence-electron chi connectivity index (χ0n) is 10.5. The number of aryl methyl sites for hydroxylation is 1. The minimum Gasteiger partial charge on any atom is -0.494 e. The van der Waals surface area contributed by atoms with E-state index in [4.69, 9.17) is 4.74 Å².